The largest absolute Gasteiger partial charge is 0.444 e. The maximum Gasteiger partial charge on any atom is 0.405 e. The molecule has 0 unspecified atom stereocenters. The van der Waals surface area contributed by atoms with Gasteiger partial charge in [0.05, 0.1) is 0 Å². The Balaban J connectivity index is 2.56. The Morgan fingerprint density at radius 1 is 1.58 bits per heavy atom. The third-order valence-electron chi connectivity index (χ3n) is 2.85. The van der Waals surface area contributed by atoms with Gasteiger partial charge >= 0.3 is 6.09 Å². The van der Waals surface area contributed by atoms with Crippen LogP contribution in [0.4, 0.5) is 4.79 Å². The number of nitrogens with two attached hydrogens (primary N) is 1. The van der Waals surface area contributed by atoms with Crippen molar-refractivity contribution in [3.05, 3.63) is 15.7 Å². The zero-order valence-electron chi connectivity index (χ0n) is 11.9. The molecule has 0 saturated carbocycles. The molecule has 0 aromatic carbocycles. The number of primary amides is 1. The molecule has 5 nitrogen and oxygen atoms in total. The van der Waals surface area contributed by atoms with Crippen molar-refractivity contribution in [1.82, 2.24) is 9.55 Å². The summed E-state index contributed by atoms with van der Waals surface area (Å²) < 4.78 is 8.25. The lowest BCUT2D eigenvalue weighted by atomic mass is 10.0. The summed E-state index contributed by atoms with van der Waals surface area (Å²) in [5.41, 5.74) is 4.53. The lowest BCUT2D eigenvalue weighted by Crippen LogP contribution is -2.31. The normalized spacial score (nSPS) is 11.9. The first-order valence-electron chi connectivity index (χ1n) is 6.42. The number of carbonyl (C=O) groups is 1. The van der Waals surface area contributed by atoms with E-state index in [1.165, 1.54) is 0 Å². The van der Waals surface area contributed by atoms with E-state index in [0.717, 1.165) is 28.9 Å². The van der Waals surface area contributed by atoms with E-state index in [1.807, 2.05) is 13.8 Å². The average molecular weight is 379 g/mol. The standard InChI is InChI=1S/C13H22IN3O2/c1-9(2)11-16-10(14)8-17(11)7-5-6-13(3,4)19-12(15)18/h8-9H,5-7H2,1-4H3,(H2,15,18). The van der Waals surface area contributed by atoms with Crippen molar-refractivity contribution in [2.24, 2.45) is 5.73 Å². The summed E-state index contributed by atoms with van der Waals surface area (Å²) in [7, 11) is 0. The van der Waals surface area contributed by atoms with Crippen molar-refractivity contribution in [3.63, 3.8) is 0 Å². The van der Waals surface area contributed by atoms with Crippen LogP contribution in [0.2, 0.25) is 0 Å². The Hall–Kier alpha value is -0.790. The van der Waals surface area contributed by atoms with Crippen LogP contribution in [0.3, 0.4) is 0 Å². The highest BCUT2D eigenvalue weighted by molar-refractivity contribution is 14.1. The number of carbonyl (C=O) groups excluding carboxylic acids is 1. The van der Waals surface area contributed by atoms with E-state index in [1.54, 1.807) is 0 Å². The van der Waals surface area contributed by atoms with Crippen molar-refractivity contribution in [2.75, 3.05) is 0 Å². The van der Waals surface area contributed by atoms with Gasteiger partial charge in [0.2, 0.25) is 0 Å². The van der Waals surface area contributed by atoms with Crippen molar-refractivity contribution < 1.29 is 9.53 Å². The molecule has 1 aromatic heterocycles. The number of imidazole rings is 1. The molecule has 6 heteroatoms. The number of amides is 1. The Morgan fingerprint density at radius 3 is 2.74 bits per heavy atom. The highest BCUT2D eigenvalue weighted by Crippen LogP contribution is 2.20. The first-order valence-corrected chi connectivity index (χ1v) is 7.50. The van der Waals surface area contributed by atoms with E-state index in [4.69, 9.17) is 10.5 Å². The van der Waals surface area contributed by atoms with E-state index < -0.39 is 11.7 Å². The lowest BCUT2D eigenvalue weighted by molar-refractivity contribution is 0.0368. The first kappa shape index (κ1) is 16.3. The molecule has 0 fully saturated rings. The minimum absolute atomic E-state index is 0.401. The van der Waals surface area contributed by atoms with E-state index >= 15 is 0 Å². The maximum absolute atomic E-state index is 10.8. The second-order valence-corrected chi connectivity index (χ2v) is 6.66. The molecule has 0 radical (unpaired) electrons. The van der Waals surface area contributed by atoms with Gasteiger partial charge in [-0.25, -0.2) is 9.78 Å². The fourth-order valence-electron chi connectivity index (χ4n) is 2.04. The van der Waals surface area contributed by atoms with Gasteiger partial charge in [-0.2, -0.15) is 0 Å². The summed E-state index contributed by atoms with van der Waals surface area (Å²) in [5.74, 6) is 1.50. The second kappa shape index (κ2) is 6.58. The van der Waals surface area contributed by atoms with Crippen molar-refractivity contribution in [1.29, 1.82) is 0 Å². The molecular formula is C13H22IN3O2. The molecule has 0 spiro atoms. The number of ether oxygens (including phenoxy) is 1. The highest BCUT2D eigenvalue weighted by atomic mass is 127. The van der Waals surface area contributed by atoms with Crippen LogP contribution in [-0.2, 0) is 11.3 Å². The Bertz CT molecular complexity index is 441. The quantitative estimate of drug-likeness (QED) is 0.772. The molecule has 0 atom stereocenters. The first-order chi connectivity index (χ1) is 8.71. The molecule has 19 heavy (non-hydrogen) atoms. The van der Waals surface area contributed by atoms with Gasteiger partial charge in [-0.1, -0.05) is 13.8 Å². The second-order valence-electron chi connectivity index (χ2n) is 5.55. The molecule has 108 valence electrons. The predicted octanol–water partition coefficient (Wildman–Crippen LogP) is 3.27. The number of hydrogen-bond donors (Lipinski definition) is 1. The molecule has 1 rings (SSSR count). The summed E-state index contributed by atoms with van der Waals surface area (Å²) in [5, 5.41) is 0. The molecular weight excluding hydrogens is 357 g/mol. The average Bonchev–Trinajstić information content (AvgIpc) is 2.57. The zero-order valence-corrected chi connectivity index (χ0v) is 14.1. The summed E-state index contributed by atoms with van der Waals surface area (Å²) in [6.45, 7) is 8.89. The number of rotatable bonds is 6. The van der Waals surface area contributed by atoms with E-state index in [0.29, 0.717) is 5.92 Å². The summed E-state index contributed by atoms with van der Waals surface area (Å²) in [4.78, 5) is 15.3. The molecule has 1 amide bonds. The number of hydrogen-bond acceptors (Lipinski definition) is 3. The van der Waals surface area contributed by atoms with Crippen LogP contribution in [0.5, 0.6) is 0 Å². The van der Waals surface area contributed by atoms with Gasteiger partial charge in [0.15, 0.2) is 0 Å². The number of aromatic nitrogens is 2. The van der Waals surface area contributed by atoms with Gasteiger partial charge in [0, 0.05) is 18.7 Å². The third-order valence-corrected chi connectivity index (χ3v) is 3.37. The molecule has 0 aliphatic carbocycles. The monoisotopic (exact) mass is 379 g/mol. The van der Waals surface area contributed by atoms with Gasteiger partial charge in [0.25, 0.3) is 0 Å². The summed E-state index contributed by atoms with van der Waals surface area (Å²) in [6.07, 6.45) is 3.01. The van der Waals surface area contributed by atoms with E-state index in [2.05, 4.69) is 52.2 Å². The fraction of sp³-hybridized carbons (Fsp3) is 0.692. The number of nitrogens with zero attached hydrogens (tertiary/aromatic N) is 2. The SMILES string of the molecule is CC(C)c1nc(I)cn1CCCC(C)(C)OC(N)=O. The van der Waals surface area contributed by atoms with Crippen LogP contribution < -0.4 is 5.73 Å². The van der Waals surface area contributed by atoms with Gasteiger partial charge in [-0.15, -0.1) is 0 Å². The highest BCUT2D eigenvalue weighted by Gasteiger charge is 2.21. The molecule has 0 bridgehead atoms. The van der Waals surface area contributed by atoms with Crippen LogP contribution in [0.15, 0.2) is 6.20 Å². The summed E-state index contributed by atoms with van der Waals surface area (Å²) in [6, 6.07) is 0. The maximum atomic E-state index is 10.8. The minimum Gasteiger partial charge on any atom is -0.444 e. The van der Waals surface area contributed by atoms with Crippen LogP contribution in [0.1, 0.15) is 52.3 Å². The predicted molar refractivity (Wildman–Crippen MR) is 83.0 cm³/mol. The summed E-state index contributed by atoms with van der Waals surface area (Å²) >= 11 is 2.23. The van der Waals surface area contributed by atoms with Gasteiger partial charge < -0.3 is 15.0 Å². The number of halogens is 1. The van der Waals surface area contributed by atoms with E-state index in [9.17, 15) is 4.79 Å². The Kier molecular flexibility index (Phi) is 5.64. The van der Waals surface area contributed by atoms with Crippen molar-refractivity contribution in [2.45, 2.75) is 58.6 Å². The van der Waals surface area contributed by atoms with Crippen molar-refractivity contribution in [3.8, 4) is 0 Å². The van der Waals surface area contributed by atoms with Crippen LogP contribution in [0.25, 0.3) is 0 Å². The van der Waals surface area contributed by atoms with Gasteiger partial charge in [-0.05, 0) is 49.3 Å². The molecule has 0 aliphatic heterocycles. The lowest BCUT2D eigenvalue weighted by Gasteiger charge is -2.24. The smallest absolute Gasteiger partial charge is 0.405 e. The molecule has 0 aliphatic rings. The minimum atomic E-state index is -0.718. The fourth-order valence-corrected chi connectivity index (χ4v) is 2.62. The third kappa shape index (κ3) is 5.38. The Morgan fingerprint density at radius 2 is 2.21 bits per heavy atom. The topological polar surface area (TPSA) is 70.1 Å². The molecule has 2 N–H and O–H groups in total. The molecule has 1 aromatic rings. The van der Waals surface area contributed by atoms with E-state index in [-0.39, 0.29) is 0 Å². The molecule has 0 saturated heterocycles. The van der Waals surface area contributed by atoms with Crippen molar-refractivity contribution >= 4 is 28.7 Å². The number of aryl methyl sites for hydroxylation is 1. The van der Waals surface area contributed by atoms with Gasteiger partial charge in [-0.3, -0.25) is 0 Å². The van der Waals surface area contributed by atoms with Gasteiger partial charge in [0.1, 0.15) is 15.1 Å². The Labute approximate surface area is 128 Å². The van der Waals surface area contributed by atoms with Crippen LogP contribution in [-0.4, -0.2) is 21.2 Å². The zero-order chi connectivity index (χ0) is 14.6. The van der Waals surface area contributed by atoms with Crippen LogP contribution in [0, 0.1) is 3.70 Å². The molecule has 1 heterocycles. The van der Waals surface area contributed by atoms with Crippen LogP contribution >= 0.6 is 22.6 Å².